The summed E-state index contributed by atoms with van der Waals surface area (Å²) >= 11 is 3.43. The van der Waals surface area contributed by atoms with Gasteiger partial charge in [-0.15, -0.1) is 0 Å². The first-order valence-corrected chi connectivity index (χ1v) is 6.03. The zero-order valence-corrected chi connectivity index (χ0v) is 11.0. The van der Waals surface area contributed by atoms with E-state index in [1.54, 1.807) is 6.20 Å². The fourth-order valence-electron chi connectivity index (χ4n) is 1.47. The van der Waals surface area contributed by atoms with Crippen LogP contribution >= 0.6 is 15.9 Å². The maximum absolute atomic E-state index is 5.50. The van der Waals surface area contributed by atoms with Gasteiger partial charge in [0.05, 0.1) is 6.54 Å². The highest BCUT2D eigenvalue weighted by molar-refractivity contribution is 9.10. The minimum atomic E-state index is 0.342. The molecule has 0 saturated heterocycles. The monoisotopic (exact) mass is 292 g/mol. The molecule has 0 aliphatic rings. The van der Waals surface area contributed by atoms with Gasteiger partial charge in [0.15, 0.2) is 0 Å². The van der Waals surface area contributed by atoms with Gasteiger partial charge in [-0.1, -0.05) is 15.9 Å². The third kappa shape index (κ3) is 3.01. The number of hydrogen-bond donors (Lipinski definition) is 2. The normalized spacial score (nSPS) is 10.3. The zero-order valence-electron chi connectivity index (χ0n) is 9.44. The lowest BCUT2D eigenvalue weighted by Gasteiger charge is -2.09. The molecule has 1 heterocycles. The molecule has 0 aliphatic heterocycles. The van der Waals surface area contributed by atoms with Gasteiger partial charge in [-0.3, -0.25) is 0 Å². The van der Waals surface area contributed by atoms with Gasteiger partial charge >= 0.3 is 0 Å². The third-order valence-electron chi connectivity index (χ3n) is 2.34. The van der Waals surface area contributed by atoms with E-state index in [1.165, 1.54) is 0 Å². The van der Waals surface area contributed by atoms with Gasteiger partial charge in [0, 0.05) is 16.4 Å². The van der Waals surface area contributed by atoms with Crippen LogP contribution in [0.3, 0.4) is 0 Å². The lowest BCUT2D eigenvalue weighted by Crippen LogP contribution is -2.05. The van der Waals surface area contributed by atoms with Crippen LogP contribution in [-0.4, -0.2) is 9.97 Å². The van der Waals surface area contributed by atoms with Crippen molar-refractivity contribution in [1.82, 2.24) is 9.97 Å². The van der Waals surface area contributed by atoms with Crippen LogP contribution in [0, 0.1) is 6.92 Å². The predicted octanol–water partition coefficient (Wildman–Crippen LogP) is 2.75. The lowest BCUT2D eigenvalue weighted by atomic mass is 10.2. The Kier molecular flexibility index (Phi) is 3.71. The molecule has 0 fully saturated rings. The molecule has 2 aromatic rings. The fourth-order valence-corrected chi connectivity index (χ4v) is 1.95. The van der Waals surface area contributed by atoms with Crippen LogP contribution in [0.4, 0.5) is 11.5 Å². The summed E-state index contributed by atoms with van der Waals surface area (Å²) in [6.45, 7) is 2.38. The van der Waals surface area contributed by atoms with Crippen molar-refractivity contribution in [3.05, 3.63) is 46.3 Å². The molecular formula is C12H13BrN4. The Bertz CT molecular complexity index is 528. The zero-order chi connectivity index (χ0) is 12.3. The van der Waals surface area contributed by atoms with Gasteiger partial charge < -0.3 is 11.1 Å². The van der Waals surface area contributed by atoms with E-state index in [9.17, 15) is 0 Å². The Labute approximate surface area is 108 Å². The van der Waals surface area contributed by atoms with Gasteiger partial charge in [-0.25, -0.2) is 9.97 Å². The highest BCUT2D eigenvalue weighted by Crippen LogP contribution is 2.22. The maximum Gasteiger partial charge on any atom is 0.144 e. The molecule has 0 saturated carbocycles. The number of hydrogen-bond acceptors (Lipinski definition) is 4. The molecule has 0 unspecified atom stereocenters. The Balaban J connectivity index is 2.25. The summed E-state index contributed by atoms with van der Waals surface area (Å²) in [6, 6.07) is 7.86. The number of anilines is 2. The highest BCUT2D eigenvalue weighted by Gasteiger charge is 2.01. The van der Waals surface area contributed by atoms with E-state index >= 15 is 0 Å². The molecule has 1 aromatic carbocycles. The summed E-state index contributed by atoms with van der Waals surface area (Å²) < 4.78 is 1.06. The molecule has 0 spiro atoms. The van der Waals surface area contributed by atoms with E-state index in [-0.39, 0.29) is 0 Å². The first kappa shape index (κ1) is 12.0. The van der Waals surface area contributed by atoms with E-state index in [0.29, 0.717) is 12.4 Å². The lowest BCUT2D eigenvalue weighted by molar-refractivity contribution is 0.912. The molecule has 0 atom stereocenters. The second-order valence-electron chi connectivity index (χ2n) is 3.65. The molecule has 2 rings (SSSR count). The molecule has 88 valence electrons. The van der Waals surface area contributed by atoms with Gasteiger partial charge in [0.1, 0.15) is 11.6 Å². The quantitative estimate of drug-likeness (QED) is 0.913. The van der Waals surface area contributed by atoms with Crippen LogP contribution in [0.15, 0.2) is 34.9 Å². The standard InChI is InChI=1S/C12H13BrN4/c1-8-6-9(13)2-3-10(8)16-11-4-5-15-12(7-14)17-11/h2-6H,7,14H2,1H3,(H,15,16,17). The van der Waals surface area contributed by atoms with Crippen molar-refractivity contribution in [2.75, 3.05) is 5.32 Å². The average molecular weight is 293 g/mol. The number of nitrogens with two attached hydrogens (primary N) is 1. The molecular weight excluding hydrogens is 280 g/mol. The topological polar surface area (TPSA) is 63.8 Å². The van der Waals surface area contributed by atoms with Crippen molar-refractivity contribution in [3.63, 3.8) is 0 Å². The minimum absolute atomic E-state index is 0.342. The number of halogens is 1. The van der Waals surface area contributed by atoms with Crippen LogP contribution in [-0.2, 0) is 6.54 Å². The fraction of sp³-hybridized carbons (Fsp3) is 0.167. The van der Waals surface area contributed by atoms with Crippen LogP contribution in [0.25, 0.3) is 0 Å². The number of aromatic nitrogens is 2. The van der Waals surface area contributed by atoms with Crippen LogP contribution in [0.5, 0.6) is 0 Å². The molecule has 0 bridgehead atoms. The summed E-state index contributed by atoms with van der Waals surface area (Å²) in [6.07, 6.45) is 1.70. The Morgan fingerprint density at radius 3 is 2.88 bits per heavy atom. The van der Waals surface area contributed by atoms with Crippen LogP contribution < -0.4 is 11.1 Å². The highest BCUT2D eigenvalue weighted by atomic mass is 79.9. The Hall–Kier alpha value is -1.46. The molecule has 17 heavy (non-hydrogen) atoms. The van der Waals surface area contributed by atoms with Crippen molar-refractivity contribution < 1.29 is 0 Å². The number of aryl methyl sites for hydroxylation is 1. The molecule has 0 amide bonds. The molecule has 0 aliphatic carbocycles. The van der Waals surface area contributed by atoms with Crippen molar-refractivity contribution in [3.8, 4) is 0 Å². The van der Waals surface area contributed by atoms with Crippen LogP contribution in [0.2, 0.25) is 0 Å². The number of benzene rings is 1. The SMILES string of the molecule is Cc1cc(Br)ccc1Nc1ccnc(CN)n1. The van der Waals surface area contributed by atoms with E-state index in [0.717, 1.165) is 21.5 Å². The Morgan fingerprint density at radius 2 is 2.18 bits per heavy atom. The van der Waals surface area contributed by atoms with Crippen LogP contribution in [0.1, 0.15) is 11.4 Å². The summed E-state index contributed by atoms with van der Waals surface area (Å²) in [5, 5.41) is 3.25. The first-order chi connectivity index (χ1) is 8.19. The minimum Gasteiger partial charge on any atom is -0.340 e. The van der Waals surface area contributed by atoms with E-state index in [2.05, 4.69) is 31.2 Å². The third-order valence-corrected chi connectivity index (χ3v) is 2.83. The van der Waals surface area contributed by atoms with Gasteiger partial charge in [-0.05, 0) is 36.8 Å². The Morgan fingerprint density at radius 1 is 1.35 bits per heavy atom. The second-order valence-corrected chi connectivity index (χ2v) is 4.56. The maximum atomic E-state index is 5.50. The number of rotatable bonds is 3. The molecule has 4 nitrogen and oxygen atoms in total. The van der Waals surface area contributed by atoms with Crippen molar-refractivity contribution in [2.24, 2.45) is 5.73 Å². The first-order valence-electron chi connectivity index (χ1n) is 5.24. The average Bonchev–Trinajstić information content (AvgIpc) is 2.33. The number of nitrogens with one attached hydrogen (secondary N) is 1. The number of nitrogens with zero attached hydrogens (tertiary/aromatic N) is 2. The summed E-state index contributed by atoms with van der Waals surface area (Å²) in [5.74, 6) is 1.38. The summed E-state index contributed by atoms with van der Waals surface area (Å²) in [7, 11) is 0. The van der Waals surface area contributed by atoms with Crippen molar-refractivity contribution in [2.45, 2.75) is 13.5 Å². The van der Waals surface area contributed by atoms with Crippen molar-refractivity contribution >= 4 is 27.4 Å². The summed E-state index contributed by atoms with van der Waals surface area (Å²) in [4.78, 5) is 8.34. The van der Waals surface area contributed by atoms with Gasteiger partial charge in [0.2, 0.25) is 0 Å². The molecule has 3 N–H and O–H groups in total. The van der Waals surface area contributed by atoms with Gasteiger partial charge in [0.25, 0.3) is 0 Å². The van der Waals surface area contributed by atoms with E-state index in [4.69, 9.17) is 5.73 Å². The predicted molar refractivity (Wildman–Crippen MR) is 72.1 cm³/mol. The largest absolute Gasteiger partial charge is 0.340 e. The smallest absolute Gasteiger partial charge is 0.144 e. The summed E-state index contributed by atoms with van der Waals surface area (Å²) in [5.41, 5.74) is 7.67. The van der Waals surface area contributed by atoms with E-state index < -0.39 is 0 Å². The second kappa shape index (κ2) is 5.25. The van der Waals surface area contributed by atoms with Gasteiger partial charge in [-0.2, -0.15) is 0 Å². The molecule has 5 heteroatoms. The molecule has 0 radical (unpaired) electrons. The van der Waals surface area contributed by atoms with E-state index in [1.807, 2.05) is 31.2 Å². The molecule has 1 aromatic heterocycles. The van der Waals surface area contributed by atoms with Crippen molar-refractivity contribution in [1.29, 1.82) is 0 Å².